The minimum atomic E-state index is -1.22. The molecule has 1 aliphatic heterocycles. The van der Waals surface area contributed by atoms with Crippen LogP contribution in [0.1, 0.15) is 6.23 Å². The van der Waals surface area contributed by atoms with Gasteiger partial charge in [-0.1, -0.05) is 0 Å². The van der Waals surface area contributed by atoms with Crippen LogP contribution in [-0.2, 0) is 4.74 Å². The van der Waals surface area contributed by atoms with Crippen LogP contribution in [0.15, 0.2) is 23.1 Å². The summed E-state index contributed by atoms with van der Waals surface area (Å²) in [4.78, 5) is 8.13. The van der Waals surface area contributed by atoms with Crippen LogP contribution in [-0.4, -0.2) is 54.8 Å². The Balaban J connectivity index is 1.98. The van der Waals surface area contributed by atoms with Gasteiger partial charge in [-0.2, -0.15) is 0 Å². The Morgan fingerprint density at radius 1 is 1.27 bits per heavy atom. The lowest BCUT2D eigenvalue weighted by molar-refractivity contribution is -0.0489. The Morgan fingerprint density at radius 3 is 2.82 bits per heavy atom. The maximum atomic E-state index is 10.2. The lowest BCUT2D eigenvalue weighted by Gasteiger charge is -2.17. The smallest absolute Gasteiger partial charge is 0.165 e. The van der Waals surface area contributed by atoms with Gasteiger partial charge in [-0.25, -0.2) is 9.97 Å². The Labute approximate surface area is 123 Å². The number of aliphatic hydroxyl groups is 3. The molecule has 0 aliphatic carbocycles. The Bertz CT molecular complexity index is 844. The second-order valence-electron chi connectivity index (χ2n) is 5.19. The number of fused-ring (bicyclic) bond motifs is 3. The van der Waals surface area contributed by atoms with Crippen molar-refractivity contribution in [3.05, 3.63) is 18.7 Å². The summed E-state index contributed by atoms with van der Waals surface area (Å²) in [5, 5.41) is 29.9. The number of furan rings is 1. The van der Waals surface area contributed by atoms with Gasteiger partial charge in [-0.05, 0) is 0 Å². The minimum Gasteiger partial charge on any atom is -0.462 e. The normalized spacial score (nSPS) is 28.9. The predicted molar refractivity (Wildman–Crippen MR) is 74.7 cm³/mol. The average Bonchev–Trinajstić information content (AvgIpc) is 3.15. The molecule has 0 aromatic carbocycles. The average molecular weight is 306 g/mol. The molecular formula is C13H14N4O5. The largest absolute Gasteiger partial charge is 0.462 e. The lowest BCUT2D eigenvalue weighted by Crippen LogP contribution is -2.33. The molecule has 4 heterocycles. The SMILES string of the molecule is Nc1ncnc2c1c1occc1n2C1OC(CO)C(O)C1O. The fraction of sp³-hybridized carbons (Fsp3) is 0.385. The summed E-state index contributed by atoms with van der Waals surface area (Å²) in [6.07, 6.45) is -1.43. The van der Waals surface area contributed by atoms with E-state index in [1.54, 1.807) is 10.6 Å². The molecule has 0 radical (unpaired) electrons. The van der Waals surface area contributed by atoms with Crippen LogP contribution < -0.4 is 5.73 Å². The highest BCUT2D eigenvalue weighted by atomic mass is 16.6. The van der Waals surface area contributed by atoms with Gasteiger partial charge in [0.1, 0.15) is 35.8 Å². The highest BCUT2D eigenvalue weighted by Crippen LogP contribution is 2.38. The molecule has 9 heteroatoms. The summed E-state index contributed by atoms with van der Waals surface area (Å²) in [7, 11) is 0. The Hall–Kier alpha value is -2.20. The molecule has 1 saturated heterocycles. The molecule has 4 unspecified atom stereocenters. The van der Waals surface area contributed by atoms with Gasteiger partial charge in [0, 0.05) is 6.07 Å². The highest BCUT2D eigenvalue weighted by Gasteiger charge is 2.44. The van der Waals surface area contributed by atoms with E-state index in [0.29, 0.717) is 22.1 Å². The van der Waals surface area contributed by atoms with E-state index in [4.69, 9.17) is 14.9 Å². The molecule has 4 atom stereocenters. The molecule has 22 heavy (non-hydrogen) atoms. The number of anilines is 1. The van der Waals surface area contributed by atoms with Crippen molar-refractivity contribution in [2.45, 2.75) is 24.5 Å². The van der Waals surface area contributed by atoms with E-state index in [1.165, 1.54) is 12.6 Å². The monoisotopic (exact) mass is 306 g/mol. The topological polar surface area (TPSA) is 140 Å². The van der Waals surface area contributed by atoms with E-state index in [-0.39, 0.29) is 5.82 Å². The summed E-state index contributed by atoms with van der Waals surface area (Å²) >= 11 is 0. The van der Waals surface area contributed by atoms with E-state index in [2.05, 4.69) is 9.97 Å². The first-order chi connectivity index (χ1) is 10.6. The van der Waals surface area contributed by atoms with Gasteiger partial charge < -0.3 is 30.2 Å². The highest BCUT2D eigenvalue weighted by molar-refractivity contribution is 6.08. The molecule has 0 bridgehead atoms. The molecule has 0 amide bonds. The van der Waals surface area contributed by atoms with E-state index in [1.807, 2.05) is 0 Å². The summed E-state index contributed by atoms with van der Waals surface area (Å²) in [6.45, 7) is -0.403. The van der Waals surface area contributed by atoms with Crippen molar-refractivity contribution in [2.75, 3.05) is 12.3 Å². The van der Waals surface area contributed by atoms with Crippen molar-refractivity contribution in [2.24, 2.45) is 0 Å². The molecule has 5 N–H and O–H groups in total. The first kappa shape index (κ1) is 13.5. The van der Waals surface area contributed by atoms with Gasteiger partial charge in [0.05, 0.1) is 18.4 Å². The van der Waals surface area contributed by atoms with Crippen molar-refractivity contribution in [3.8, 4) is 0 Å². The van der Waals surface area contributed by atoms with E-state index >= 15 is 0 Å². The van der Waals surface area contributed by atoms with Crippen LogP contribution in [0.5, 0.6) is 0 Å². The maximum Gasteiger partial charge on any atom is 0.165 e. The number of aromatic nitrogens is 3. The molecule has 3 aromatic heterocycles. The maximum absolute atomic E-state index is 10.2. The molecule has 3 aromatic rings. The van der Waals surface area contributed by atoms with Gasteiger partial charge in [0.25, 0.3) is 0 Å². The number of aliphatic hydroxyl groups excluding tert-OH is 3. The number of hydrogen-bond acceptors (Lipinski definition) is 8. The molecule has 116 valence electrons. The number of hydrogen-bond donors (Lipinski definition) is 4. The lowest BCUT2D eigenvalue weighted by atomic mass is 10.1. The molecule has 1 aliphatic rings. The molecule has 0 saturated carbocycles. The predicted octanol–water partition coefficient (Wildman–Crippen LogP) is -0.629. The molecular weight excluding hydrogens is 292 g/mol. The standard InChI is InChI=1S/C13H14N4O5/c14-11-7-10-5(1-2-21-10)17(12(7)16-4-15-11)13-9(20)8(19)6(3-18)22-13/h1-2,4,6,8-9,13,18-20H,3H2,(H2,14,15,16). The van der Waals surface area contributed by atoms with Crippen molar-refractivity contribution < 1.29 is 24.5 Å². The zero-order chi connectivity index (χ0) is 15.4. The number of nitrogens with zero attached hydrogens (tertiary/aromatic N) is 3. The van der Waals surface area contributed by atoms with Crippen LogP contribution in [0.4, 0.5) is 5.82 Å². The van der Waals surface area contributed by atoms with Crippen LogP contribution in [0, 0.1) is 0 Å². The first-order valence-electron chi connectivity index (χ1n) is 6.73. The van der Waals surface area contributed by atoms with E-state index in [9.17, 15) is 15.3 Å². The fourth-order valence-corrected chi connectivity index (χ4v) is 2.93. The zero-order valence-electron chi connectivity index (χ0n) is 11.3. The van der Waals surface area contributed by atoms with Crippen LogP contribution >= 0.6 is 0 Å². The summed E-state index contributed by atoms with van der Waals surface area (Å²) in [5.74, 6) is 0.246. The number of nitrogen functional groups attached to an aromatic ring is 1. The zero-order valence-corrected chi connectivity index (χ0v) is 11.3. The second-order valence-corrected chi connectivity index (χ2v) is 5.19. The minimum absolute atomic E-state index is 0.246. The van der Waals surface area contributed by atoms with Gasteiger partial charge in [0.2, 0.25) is 0 Å². The number of nitrogens with two attached hydrogens (primary N) is 1. The molecule has 0 spiro atoms. The molecule has 1 fully saturated rings. The van der Waals surface area contributed by atoms with Crippen molar-refractivity contribution in [1.29, 1.82) is 0 Å². The Morgan fingerprint density at radius 2 is 2.09 bits per heavy atom. The van der Waals surface area contributed by atoms with Gasteiger partial charge in [-0.15, -0.1) is 0 Å². The summed E-state index contributed by atoms with van der Waals surface area (Å²) in [5.41, 5.74) is 7.41. The number of rotatable bonds is 2. The number of ether oxygens (including phenoxy) is 1. The third kappa shape index (κ3) is 1.61. The third-order valence-corrected chi connectivity index (χ3v) is 3.99. The quantitative estimate of drug-likeness (QED) is 0.490. The van der Waals surface area contributed by atoms with Gasteiger partial charge >= 0.3 is 0 Å². The van der Waals surface area contributed by atoms with Crippen LogP contribution in [0.3, 0.4) is 0 Å². The van der Waals surface area contributed by atoms with E-state index in [0.717, 1.165) is 0 Å². The third-order valence-electron chi connectivity index (χ3n) is 3.99. The van der Waals surface area contributed by atoms with Crippen molar-refractivity contribution in [3.63, 3.8) is 0 Å². The molecule has 4 rings (SSSR count). The van der Waals surface area contributed by atoms with Crippen molar-refractivity contribution >= 4 is 28.0 Å². The van der Waals surface area contributed by atoms with E-state index < -0.39 is 31.1 Å². The van der Waals surface area contributed by atoms with Crippen molar-refractivity contribution in [1.82, 2.24) is 14.5 Å². The van der Waals surface area contributed by atoms with Crippen LogP contribution in [0.25, 0.3) is 22.1 Å². The first-order valence-corrected chi connectivity index (χ1v) is 6.73. The van der Waals surface area contributed by atoms with Gasteiger partial charge in [0.15, 0.2) is 17.5 Å². The summed E-state index contributed by atoms with van der Waals surface area (Å²) in [6, 6.07) is 1.69. The molecule has 9 nitrogen and oxygen atoms in total. The Kier molecular flexibility index (Phi) is 2.84. The second kappa shape index (κ2) is 4.65. The summed E-state index contributed by atoms with van der Waals surface area (Å²) < 4.78 is 12.6. The van der Waals surface area contributed by atoms with Crippen LogP contribution in [0.2, 0.25) is 0 Å². The fourth-order valence-electron chi connectivity index (χ4n) is 2.93. The van der Waals surface area contributed by atoms with Gasteiger partial charge in [-0.3, -0.25) is 4.57 Å².